The van der Waals surface area contributed by atoms with E-state index in [-0.39, 0.29) is 12.8 Å². The molecule has 9 nitrogen and oxygen atoms in total. The Bertz CT molecular complexity index is 475. The highest BCUT2D eigenvalue weighted by molar-refractivity contribution is 7.99. The van der Waals surface area contributed by atoms with Gasteiger partial charge in [0.05, 0.1) is 18.5 Å². The van der Waals surface area contributed by atoms with Crippen LogP contribution >= 0.6 is 11.8 Å². The molecule has 0 rings (SSSR count). The third kappa shape index (κ3) is 12.5. The number of carbonyl (C=O) groups is 4. The maximum absolute atomic E-state index is 12.0. The number of hydrogen-bond acceptors (Lipinski definition) is 7. The van der Waals surface area contributed by atoms with E-state index in [1.165, 1.54) is 11.8 Å². The van der Waals surface area contributed by atoms with Gasteiger partial charge in [-0.1, -0.05) is 26.2 Å². The number of quaternary nitrogens is 1. The number of amides is 2. The van der Waals surface area contributed by atoms with Crippen LogP contribution in [0.1, 0.15) is 45.4 Å². The van der Waals surface area contributed by atoms with Crippen molar-refractivity contribution in [3.05, 3.63) is 0 Å². The minimum Gasteiger partial charge on any atom is -0.548 e. The summed E-state index contributed by atoms with van der Waals surface area (Å²) < 4.78 is 0. The predicted molar refractivity (Wildman–Crippen MR) is 92.3 cm³/mol. The molecule has 0 aromatic carbocycles. The van der Waals surface area contributed by atoms with Gasteiger partial charge in [-0.2, -0.15) is 11.8 Å². The van der Waals surface area contributed by atoms with Gasteiger partial charge in [-0.15, -0.1) is 0 Å². The van der Waals surface area contributed by atoms with E-state index in [9.17, 15) is 29.4 Å². The van der Waals surface area contributed by atoms with Crippen molar-refractivity contribution in [1.29, 1.82) is 0 Å². The van der Waals surface area contributed by atoms with Crippen LogP contribution in [-0.2, 0) is 19.2 Å². The molecule has 150 valence electrons. The molecule has 2 atom stereocenters. The van der Waals surface area contributed by atoms with Crippen molar-refractivity contribution in [3.63, 3.8) is 0 Å². The van der Waals surface area contributed by atoms with Crippen molar-refractivity contribution in [2.45, 2.75) is 57.5 Å². The number of rotatable bonds is 15. The number of carboxylic acids is 2. The zero-order valence-corrected chi connectivity index (χ0v) is 15.9. The molecule has 0 saturated carbocycles. The third-order valence-corrected chi connectivity index (χ3v) is 4.68. The first-order chi connectivity index (χ1) is 12.3. The lowest BCUT2D eigenvalue weighted by molar-refractivity contribution is -0.438. The molecule has 10 heteroatoms. The molecule has 0 unspecified atom stereocenters. The lowest BCUT2D eigenvalue weighted by Crippen LogP contribution is -2.68. The first-order valence-corrected chi connectivity index (χ1v) is 9.82. The van der Waals surface area contributed by atoms with Gasteiger partial charge >= 0.3 is 0 Å². The molecule has 0 aliphatic heterocycles. The van der Waals surface area contributed by atoms with Gasteiger partial charge in [0.1, 0.15) is 12.1 Å². The van der Waals surface area contributed by atoms with Crippen LogP contribution in [0.25, 0.3) is 0 Å². The van der Waals surface area contributed by atoms with Crippen LogP contribution < -0.4 is 26.6 Å². The number of aliphatic carboxylic acids is 2. The predicted octanol–water partition coefficient (Wildman–Crippen LogP) is -3.21. The van der Waals surface area contributed by atoms with Gasteiger partial charge in [0.2, 0.25) is 11.8 Å². The van der Waals surface area contributed by atoms with E-state index in [0.717, 1.165) is 31.4 Å². The molecule has 0 spiro atoms. The molecule has 0 aliphatic rings. The Balaban J connectivity index is 4.46. The minimum atomic E-state index is -1.43. The van der Waals surface area contributed by atoms with E-state index in [2.05, 4.69) is 23.3 Å². The van der Waals surface area contributed by atoms with Crippen molar-refractivity contribution in [2.75, 3.05) is 18.1 Å². The van der Waals surface area contributed by atoms with Gasteiger partial charge in [-0.05, 0) is 12.2 Å². The Labute approximate surface area is 157 Å². The maximum Gasteiger partial charge on any atom is 0.243 e. The van der Waals surface area contributed by atoms with Gasteiger partial charge in [0, 0.05) is 18.6 Å². The fourth-order valence-electron chi connectivity index (χ4n) is 1.99. The first kappa shape index (κ1) is 24.2. The van der Waals surface area contributed by atoms with Gasteiger partial charge in [0.25, 0.3) is 0 Å². The van der Waals surface area contributed by atoms with Crippen molar-refractivity contribution in [1.82, 2.24) is 10.6 Å². The monoisotopic (exact) mass is 390 g/mol. The number of thioether (sulfide) groups is 1. The molecule has 5 N–H and O–H groups in total. The lowest BCUT2D eigenvalue weighted by atomic mass is 10.1. The summed E-state index contributed by atoms with van der Waals surface area (Å²) in [6, 6.07) is -1.91. The van der Waals surface area contributed by atoms with Crippen LogP contribution in [0.5, 0.6) is 0 Å². The van der Waals surface area contributed by atoms with Crippen LogP contribution in [0.3, 0.4) is 0 Å². The van der Waals surface area contributed by atoms with Gasteiger partial charge < -0.3 is 36.2 Å². The average Bonchev–Trinajstić information content (AvgIpc) is 2.59. The van der Waals surface area contributed by atoms with Crippen LogP contribution in [0, 0.1) is 0 Å². The summed E-state index contributed by atoms with van der Waals surface area (Å²) in [4.78, 5) is 45.0. The smallest absolute Gasteiger partial charge is 0.243 e. The van der Waals surface area contributed by atoms with Gasteiger partial charge in [-0.3, -0.25) is 9.59 Å². The molecule has 0 saturated heterocycles. The summed E-state index contributed by atoms with van der Waals surface area (Å²) in [5, 5.41) is 25.8. The molecule has 26 heavy (non-hydrogen) atoms. The summed E-state index contributed by atoms with van der Waals surface area (Å²) in [6.07, 6.45) is 4.21. The van der Waals surface area contributed by atoms with E-state index in [4.69, 9.17) is 0 Å². The number of unbranched alkanes of at least 4 members (excludes halogenated alkanes) is 3. The van der Waals surface area contributed by atoms with Crippen LogP contribution in [0.15, 0.2) is 0 Å². The third-order valence-electron chi connectivity index (χ3n) is 3.54. The summed E-state index contributed by atoms with van der Waals surface area (Å²) in [5.41, 5.74) is 3.36. The van der Waals surface area contributed by atoms with Crippen molar-refractivity contribution >= 4 is 35.5 Å². The van der Waals surface area contributed by atoms with Crippen LogP contribution in [0.2, 0.25) is 0 Å². The highest BCUT2D eigenvalue weighted by atomic mass is 32.2. The largest absolute Gasteiger partial charge is 0.548 e. The SMILES string of the molecule is CCCCCCSC[C@H](NC(=O)CC[C@H]([NH3+])C(=O)[O-])C(=O)NCC(=O)[O-]. The molecular formula is C16H28N3O6S-. The van der Waals surface area contributed by atoms with Crippen LogP contribution in [0.4, 0.5) is 0 Å². The van der Waals surface area contributed by atoms with Crippen LogP contribution in [-0.4, -0.2) is 53.9 Å². The Morgan fingerprint density at radius 1 is 1.12 bits per heavy atom. The fraction of sp³-hybridized carbons (Fsp3) is 0.750. The molecule has 0 aliphatic carbocycles. The Morgan fingerprint density at radius 2 is 1.81 bits per heavy atom. The minimum absolute atomic E-state index is 0.00822. The zero-order valence-electron chi connectivity index (χ0n) is 15.1. The molecule has 2 amide bonds. The summed E-state index contributed by atoms with van der Waals surface area (Å²) in [5.74, 6) is -2.76. The van der Waals surface area contributed by atoms with E-state index in [0.29, 0.717) is 5.75 Å². The van der Waals surface area contributed by atoms with Gasteiger partial charge in [0.15, 0.2) is 0 Å². The average molecular weight is 390 g/mol. The summed E-state index contributed by atoms with van der Waals surface area (Å²) >= 11 is 1.49. The second kappa shape index (κ2) is 14.4. The quantitative estimate of drug-likeness (QED) is 0.247. The Morgan fingerprint density at radius 3 is 2.38 bits per heavy atom. The van der Waals surface area contributed by atoms with E-state index >= 15 is 0 Å². The van der Waals surface area contributed by atoms with E-state index < -0.39 is 42.4 Å². The Kier molecular flexibility index (Phi) is 13.4. The molecule has 0 heterocycles. The van der Waals surface area contributed by atoms with E-state index in [1.807, 2.05) is 0 Å². The number of nitrogens with one attached hydrogen (secondary N) is 2. The number of carboxylic acid groups (broad SMARTS) is 2. The lowest BCUT2D eigenvalue weighted by Gasteiger charge is -2.19. The molecule has 0 aromatic rings. The van der Waals surface area contributed by atoms with Gasteiger partial charge in [-0.25, -0.2) is 0 Å². The molecule has 0 aromatic heterocycles. The van der Waals surface area contributed by atoms with E-state index in [1.54, 1.807) is 0 Å². The molecule has 0 fully saturated rings. The molecule has 0 radical (unpaired) electrons. The topological polar surface area (TPSA) is 166 Å². The second-order valence-electron chi connectivity index (χ2n) is 5.90. The zero-order chi connectivity index (χ0) is 19.9. The highest BCUT2D eigenvalue weighted by Gasteiger charge is 2.21. The summed E-state index contributed by atoms with van der Waals surface area (Å²) in [6.45, 7) is 1.47. The first-order valence-electron chi connectivity index (χ1n) is 8.66. The standard InChI is InChI=1S/C16H29N3O6S/c1-2-3-4-5-8-26-10-12(15(23)18-9-14(21)22)19-13(20)7-6-11(17)16(24)25/h11-12H,2-10,17H2,1H3,(H,18,23)(H,19,20)(H,21,22)(H,24,25)/p-1/t11-,12-/m0/s1. The maximum atomic E-state index is 12.0. The summed E-state index contributed by atoms with van der Waals surface area (Å²) in [7, 11) is 0. The molecule has 0 bridgehead atoms. The van der Waals surface area contributed by atoms with Crippen molar-refractivity contribution in [3.8, 4) is 0 Å². The van der Waals surface area contributed by atoms with Crippen molar-refractivity contribution < 1.29 is 35.1 Å². The number of carbonyl (C=O) groups excluding carboxylic acids is 4. The second-order valence-corrected chi connectivity index (χ2v) is 7.05. The van der Waals surface area contributed by atoms with Crippen molar-refractivity contribution in [2.24, 2.45) is 0 Å². The highest BCUT2D eigenvalue weighted by Crippen LogP contribution is 2.09. The normalized spacial score (nSPS) is 12.8. The molecular weight excluding hydrogens is 362 g/mol. The number of hydrogen-bond donors (Lipinski definition) is 3. The Hall–Kier alpha value is -1.81. The fourth-order valence-corrected chi connectivity index (χ4v) is 3.03.